The number of aromatic nitrogens is 2. The molecule has 1 fully saturated rings. The molecule has 1 aliphatic rings. The summed E-state index contributed by atoms with van der Waals surface area (Å²) >= 11 is 6.01. The Bertz CT molecular complexity index is 380. The van der Waals surface area contributed by atoms with Crippen molar-refractivity contribution in [1.82, 2.24) is 9.97 Å². The average molecular weight is 240 g/mol. The van der Waals surface area contributed by atoms with Crippen molar-refractivity contribution in [3.8, 4) is 0 Å². The van der Waals surface area contributed by atoms with E-state index in [2.05, 4.69) is 36.1 Å². The van der Waals surface area contributed by atoms with Crippen LogP contribution in [0.1, 0.15) is 45.9 Å². The number of rotatable bonds is 2. The Hall–Kier alpha value is -0.830. The van der Waals surface area contributed by atoms with Crippen molar-refractivity contribution in [2.75, 3.05) is 5.32 Å². The van der Waals surface area contributed by atoms with E-state index in [0.717, 1.165) is 11.6 Å². The summed E-state index contributed by atoms with van der Waals surface area (Å²) in [6.07, 6.45) is 3.77. The van der Waals surface area contributed by atoms with E-state index in [0.29, 0.717) is 11.2 Å². The van der Waals surface area contributed by atoms with Crippen molar-refractivity contribution in [3.63, 3.8) is 0 Å². The highest BCUT2D eigenvalue weighted by Crippen LogP contribution is 2.26. The topological polar surface area (TPSA) is 37.8 Å². The molecule has 3 nitrogen and oxygen atoms in total. The zero-order chi connectivity index (χ0) is 11.8. The Balaban J connectivity index is 2.21. The standard InChI is InChI=1S/C12H18ClN3/c1-12(2,3)11-15-9(13)7-10(16-11)14-8-5-4-6-8/h7-8H,4-6H2,1-3H3,(H,14,15,16). The molecule has 0 spiro atoms. The van der Waals surface area contributed by atoms with Crippen molar-refractivity contribution >= 4 is 17.4 Å². The molecule has 0 radical (unpaired) electrons. The van der Waals surface area contributed by atoms with Gasteiger partial charge in [-0.1, -0.05) is 32.4 Å². The summed E-state index contributed by atoms with van der Waals surface area (Å²) in [6, 6.07) is 2.37. The summed E-state index contributed by atoms with van der Waals surface area (Å²) in [7, 11) is 0. The van der Waals surface area contributed by atoms with Gasteiger partial charge in [-0.25, -0.2) is 9.97 Å². The minimum atomic E-state index is -0.0685. The maximum Gasteiger partial charge on any atom is 0.137 e. The van der Waals surface area contributed by atoms with Crippen molar-refractivity contribution in [1.29, 1.82) is 0 Å². The molecule has 4 heteroatoms. The molecule has 16 heavy (non-hydrogen) atoms. The van der Waals surface area contributed by atoms with Crippen molar-refractivity contribution in [2.24, 2.45) is 0 Å². The summed E-state index contributed by atoms with van der Waals surface area (Å²) < 4.78 is 0. The van der Waals surface area contributed by atoms with E-state index in [1.807, 2.05) is 0 Å². The molecule has 0 bridgehead atoms. The van der Waals surface area contributed by atoms with Crippen molar-refractivity contribution in [3.05, 3.63) is 17.0 Å². The summed E-state index contributed by atoms with van der Waals surface area (Å²) in [4.78, 5) is 8.79. The second-order valence-electron chi connectivity index (χ2n) is 5.42. The molecule has 1 aromatic rings. The molecule has 0 aromatic carbocycles. The number of nitrogens with one attached hydrogen (secondary N) is 1. The quantitative estimate of drug-likeness (QED) is 0.804. The molecule has 1 N–H and O–H groups in total. The number of anilines is 1. The van der Waals surface area contributed by atoms with Gasteiger partial charge in [-0.3, -0.25) is 0 Å². The fraction of sp³-hybridized carbons (Fsp3) is 0.667. The smallest absolute Gasteiger partial charge is 0.137 e. The second-order valence-corrected chi connectivity index (χ2v) is 5.81. The normalized spacial score (nSPS) is 17.0. The molecule has 1 aromatic heterocycles. The highest BCUT2D eigenvalue weighted by atomic mass is 35.5. The van der Waals surface area contributed by atoms with Gasteiger partial charge < -0.3 is 5.32 Å². The molecule has 0 atom stereocenters. The number of halogens is 1. The molecular formula is C12H18ClN3. The Morgan fingerprint density at radius 3 is 2.50 bits per heavy atom. The first-order chi connectivity index (χ1) is 7.45. The number of nitrogens with zero attached hydrogens (tertiary/aromatic N) is 2. The van der Waals surface area contributed by atoms with Gasteiger partial charge in [-0.05, 0) is 19.3 Å². The fourth-order valence-corrected chi connectivity index (χ4v) is 1.77. The minimum Gasteiger partial charge on any atom is -0.367 e. The first kappa shape index (κ1) is 11.6. The molecule has 1 heterocycles. The summed E-state index contributed by atoms with van der Waals surface area (Å²) in [5.74, 6) is 1.65. The third-order valence-electron chi connectivity index (χ3n) is 2.82. The first-order valence-corrected chi connectivity index (χ1v) is 6.14. The molecule has 0 aliphatic heterocycles. The average Bonchev–Trinajstić information content (AvgIpc) is 2.09. The van der Waals surface area contributed by atoms with Crippen LogP contribution < -0.4 is 5.32 Å². The lowest BCUT2D eigenvalue weighted by molar-refractivity contribution is 0.443. The van der Waals surface area contributed by atoms with Crippen molar-refractivity contribution < 1.29 is 0 Å². The van der Waals surface area contributed by atoms with Gasteiger partial charge in [-0.15, -0.1) is 0 Å². The predicted octanol–water partition coefficient (Wildman–Crippen LogP) is 3.39. The van der Waals surface area contributed by atoms with E-state index in [-0.39, 0.29) is 5.41 Å². The van der Waals surface area contributed by atoms with Crippen LogP contribution in [0.5, 0.6) is 0 Å². The molecule has 0 unspecified atom stereocenters. The number of hydrogen-bond donors (Lipinski definition) is 1. The van der Waals surface area contributed by atoms with E-state index < -0.39 is 0 Å². The highest BCUT2D eigenvalue weighted by Gasteiger charge is 2.21. The van der Waals surface area contributed by atoms with Gasteiger partial charge in [0.25, 0.3) is 0 Å². The molecule has 1 aliphatic carbocycles. The summed E-state index contributed by atoms with van der Waals surface area (Å²) in [6.45, 7) is 6.27. The van der Waals surface area contributed by atoms with Crippen LogP contribution in [0.2, 0.25) is 5.15 Å². The van der Waals surface area contributed by atoms with E-state index >= 15 is 0 Å². The van der Waals surface area contributed by atoms with Crippen LogP contribution in [0.25, 0.3) is 0 Å². The first-order valence-electron chi connectivity index (χ1n) is 5.77. The lowest BCUT2D eigenvalue weighted by atomic mass is 9.93. The molecular weight excluding hydrogens is 222 g/mol. The molecule has 1 saturated carbocycles. The van der Waals surface area contributed by atoms with Gasteiger partial charge in [0.2, 0.25) is 0 Å². The van der Waals surface area contributed by atoms with Crippen LogP contribution in [0.4, 0.5) is 5.82 Å². The number of hydrogen-bond acceptors (Lipinski definition) is 3. The lowest BCUT2D eigenvalue weighted by Gasteiger charge is -2.27. The monoisotopic (exact) mass is 239 g/mol. The van der Waals surface area contributed by atoms with Crippen LogP contribution in [0.3, 0.4) is 0 Å². The lowest BCUT2D eigenvalue weighted by Crippen LogP contribution is -2.28. The molecule has 0 amide bonds. The second kappa shape index (κ2) is 4.21. The minimum absolute atomic E-state index is 0.0685. The van der Waals surface area contributed by atoms with E-state index in [1.165, 1.54) is 19.3 Å². The van der Waals surface area contributed by atoms with E-state index in [1.54, 1.807) is 6.07 Å². The fourth-order valence-electron chi connectivity index (χ4n) is 1.59. The Kier molecular flexibility index (Phi) is 3.06. The van der Waals surface area contributed by atoms with Gasteiger partial charge >= 0.3 is 0 Å². The highest BCUT2D eigenvalue weighted by molar-refractivity contribution is 6.29. The van der Waals surface area contributed by atoms with Gasteiger partial charge in [0.05, 0.1) is 0 Å². The van der Waals surface area contributed by atoms with Gasteiger partial charge in [0.1, 0.15) is 16.8 Å². The van der Waals surface area contributed by atoms with Gasteiger partial charge in [-0.2, -0.15) is 0 Å². The molecule has 0 saturated heterocycles. The molecule has 88 valence electrons. The predicted molar refractivity (Wildman–Crippen MR) is 67.0 cm³/mol. The maximum atomic E-state index is 6.01. The Morgan fingerprint density at radius 1 is 1.31 bits per heavy atom. The zero-order valence-corrected chi connectivity index (χ0v) is 10.8. The van der Waals surface area contributed by atoms with E-state index in [9.17, 15) is 0 Å². The zero-order valence-electron chi connectivity index (χ0n) is 10.0. The third-order valence-corrected chi connectivity index (χ3v) is 3.02. The van der Waals surface area contributed by atoms with Gasteiger partial charge in [0.15, 0.2) is 0 Å². The van der Waals surface area contributed by atoms with Crippen LogP contribution >= 0.6 is 11.6 Å². The van der Waals surface area contributed by atoms with Crippen LogP contribution in [-0.2, 0) is 5.41 Å². The largest absolute Gasteiger partial charge is 0.367 e. The van der Waals surface area contributed by atoms with Crippen LogP contribution in [0, 0.1) is 0 Å². The Morgan fingerprint density at radius 2 is 2.00 bits per heavy atom. The van der Waals surface area contributed by atoms with Gasteiger partial charge in [0, 0.05) is 17.5 Å². The third kappa shape index (κ3) is 2.64. The maximum absolute atomic E-state index is 6.01. The van der Waals surface area contributed by atoms with Crippen LogP contribution in [0.15, 0.2) is 6.07 Å². The van der Waals surface area contributed by atoms with E-state index in [4.69, 9.17) is 11.6 Å². The summed E-state index contributed by atoms with van der Waals surface area (Å²) in [5.41, 5.74) is -0.0685. The summed E-state index contributed by atoms with van der Waals surface area (Å²) in [5, 5.41) is 3.91. The SMILES string of the molecule is CC(C)(C)c1nc(Cl)cc(NC2CCC2)n1. The van der Waals surface area contributed by atoms with Crippen LogP contribution in [-0.4, -0.2) is 16.0 Å². The molecule has 2 rings (SSSR count). The Labute approximate surface area is 102 Å². The van der Waals surface area contributed by atoms with Crippen molar-refractivity contribution in [2.45, 2.75) is 51.5 Å².